The molecule has 0 radical (unpaired) electrons. The molecule has 0 aliphatic rings. The van der Waals surface area contributed by atoms with Crippen LogP contribution in [0.15, 0.2) is 36.5 Å². The van der Waals surface area contributed by atoms with Crippen molar-refractivity contribution in [1.82, 2.24) is 4.98 Å². The van der Waals surface area contributed by atoms with E-state index in [0.29, 0.717) is 17.4 Å². The third-order valence-electron chi connectivity index (χ3n) is 2.61. The fourth-order valence-electron chi connectivity index (χ4n) is 1.61. The van der Waals surface area contributed by atoms with Crippen LogP contribution in [0.25, 0.3) is 0 Å². The largest absolute Gasteiger partial charge is 0.497 e. The van der Waals surface area contributed by atoms with Crippen LogP contribution in [-0.2, 0) is 6.54 Å². The summed E-state index contributed by atoms with van der Waals surface area (Å²) < 4.78 is 21.4. The van der Waals surface area contributed by atoms with Gasteiger partial charge in [-0.2, -0.15) is 0 Å². The number of nitrogens with zero attached hydrogens (tertiary/aromatic N) is 2. The van der Waals surface area contributed by atoms with Crippen molar-refractivity contribution >= 4 is 40.0 Å². The number of anilines is 1. The molecule has 0 fully saturated rings. The molecule has 1 aromatic heterocycles. The van der Waals surface area contributed by atoms with Crippen LogP contribution in [0.4, 0.5) is 5.82 Å². The molecule has 5 heteroatoms. The average molecular weight is 391 g/mol. The molecule has 0 aliphatic carbocycles. The summed E-state index contributed by atoms with van der Waals surface area (Å²) in [5.74, 6) is 1.22. The van der Waals surface area contributed by atoms with Crippen molar-refractivity contribution in [3.05, 3.63) is 50.7 Å². The predicted octanol–water partition coefficient (Wildman–Crippen LogP) is 3.98. The van der Waals surface area contributed by atoms with Crippen LogP contribution >= 0.6 is 34.2 Å². The fraction of sp³-hybridized carbons (Fsp3) is 0.214. The normalized spacial score (nSPS) is 12.0. The minimum atomic E-state index is -1.20. The number of methoxy groups -OCH3 is 1. The van der Waals surface area contributed by atoms with Crippen molar-refractivity contribution in [2.24, 2.45) is 0 Å². The minimum Gasteiger partial charge on any atom is -0.497 e. The molecule has 0 N–H and O–H groups in total. The van der Waals surface area contributed by atoms with Gasteiger partial charge >= 0.3 is 0 Å². The highest BCUT2D eigenvalue weighted by atomic mass is 127. The number of hydrogen-bond donors (Lipinski definition) is 0. The van der Waals surface area contributed by atoms with E-state index in [4.69, 9.17) is 19.1 Å². The molecule has 2 rings (SSSR count). The summed E-state index contributed by atoms with van der Waals surface area (Å²) in [5, 5.41) is 0.469. The molecule has 3 nitrogen and oxygen atoms in total. The van der Waals surface area contributed by atoms with Crippen LogP contribution in [-0.4, -0.2) is 19.1 Å². The highest BCUT2D eigenvalue weighted by Crippen LogP contribution is 2.28. The molecule has 100 valence electrons. The van der Waals surface area contributed by atoms with E-state index >= 15 is 0 Å². The average Bonchev–Trinajstić information content (AvgIpc) is 2.48. The van der Waals surface area contributed by atoms with E-state index in [1.54, 1.807) is 19.4 Å². The van der Waals surface area contributed by atoms with Gasteiger partial charge in [0.25, 0.3) is 0 Å². The van der Waals surface area contributed by atoms with Crippen molar-refractivity contribution < 1.29 is 7.48 Å². The van der Waals surface area contributed by atoms with Gasteiger partial charge in [-0.05, 0) is 46.4 Å². The quantitative estimate of drug-likeness (QED) is 0.738. The molecule has 0 aliphatic heterocycles. The second kappa shape index (κ2) is 6.43. The first-order valence-electron chi connectivity index (χ1n) is 6.72. The van der Waals surface area contributed by atoms with Crippen LogP contribution in [0.5, 0.6) is 5.75 Å². The Hall–Kier alpha value is -1.01. The number of benzene rings is 1. The summed E-state index contributed by atoms with van der Waals surface area (Å²) >= 11 is 8.36. The van der Waals surface area contributed by atoms with Crippen molar-refractivity contribution in [3.63, 3.8) is 0 Å². The highest BCUT2D eigenvalue weighted by Gasteiger charge is 2.10. The van der Waals surface area contributed by atoms with Gasteiger partial charge in [0.15, 0.2) is 0 Å². The molecule has 2 aromatic rings. The number of pyridine rings is 1. The summed E-state index contributed by atoms with van der Waals surface area (Å²) in [7, 11) is 1.61. The molecule has 1 aromatic carbocycles. The summed E-state index contributed by atoms with van der Waals surface area (Å²) in [6, 6.07) is 9.29. The first-order chi connectivity index (χ1) is 10.0. The van der Waals surface area contributed by atoms with E-state index in [0.717, 1.165) is 14.9 Å². The number of ether oxygens (including phenoxy) is 1. The van der Waals surface area contributed by atoms with Gasteiger partial charge in [-0.1, -0.05) is 23.7 Å². The SMILES string of the molecule is [2H]C([2H])N(Cc1ccc(OC)cc1)c1nccc(I)c1Cl. The summed E-state index contributed by atoms with van der Waals surface area (Å²) in [6.45, 7) is -0.815. The van der Waals surface area contributed by atoms with E-state index in [1.807, 2.05) is 24.3 Å². The Kier molecular flexibility index (Phi) is 3.99. The first-order valence-corrected chi connectivity index (χ1v) is 7.02. The summed E-state index contributed by atoms with van der Waals surface area (Å²) in [5.41, 5.74) is 0.956. The summed E-state index contributed by atoms with van der Waals surface area (Å²) in [4.78, 5) is 5.75. The third kappa shape index (κ3) is 3.51. The van der Waals surface area contributed by atoms with Gasteiger partial charge < -0.3 is 9.64 Å². The molecule has 0 amide bonds. The van der Waals surface area contributed by atoms with Gasteiger partial charge in [-0.15, -0.1) is 0 Å². The second-order valence-electron chi connectivity index (χ2n) is 3.91. The number of halogens is 2. The Balaban J connectivity index is 2.28. The lowest BCUT2D eigenvalue weighted by Gasteiger charge is -2.20. The minimum absolute atomic E-state index is 0.383. The Morgan fingerprint density at radius 1 is 1.37 bits per heavy atom. The van der Waals surface area contributed by atoms with Gasteiger partial charge in [0.2, 0.25) is 0 Å². The van der Waals surface area contributed by atoms with Crippen LogP contribution < -0.4 is 9.64 Å². The zero-order chi connectivity index (χ0) is 15.4. The van der Waals surface area contributed by atoms with E-state index in [1.165, 1.54) is 4.90 Å². The Labute approximate surface area is 134 Å². The molecule has 0 unspecified atom stereocenters. The van der Waals surface area contributed by atoms with E-state index in [2.05, 4.69) is 27.6 Å². The molecule has 1 heterocycles. The van der Waals surface area contributed by atoms with Gasteiger partial charge in [-0.3, -0.25) is 0 Å². The van der Waals surface area contributed by atoms with Crippen LogP contribution in [0.1, 0.15) is 8.30 Å². The number of hydrogen-bond acceptors (Lipinski definition) is 3. The zero-order valence-corrected chi connectivity index (χ0v) is 13.2. The maximum atomic E-state index is 7.73. The monoisotopic (exact) mass is 390 g/mol. The molecule has 0 atom stereocenters. The van der Waals surface area contributed by atoms with Crippen molar-refractivity contribution in [2.75, 3.05) is 19.0 Å². The topological polar surface area (TPSA) is 25.4 Å². The van der Waals surface area contributed by atoms with E-state index in [-0.39, 0.29) is 0 Å². The van der Waals surface area contributed by atoms with Gasteiger partial charge in [0.05, 0.1) is 12.1 Å². The van der Waals surface area contributed by atoms with Crippen molar-refractivity contribution in [3.8, 4) is 5.75 Å². The maximum Gasteiger partial charge on any atom is 0.148 e. The van der Waals surface area contributed by atoms with Gasteiger partial charge in [0, 0.05) is 26.1 Å². The third-order valence-corrected chi connectivity index (χ3v) is 4.20. The molecule has 0 saturated heterocycles. The van der Waals surface area contributed by atoms with Crippen molar-refractivity contribution in [2.45, 2.75) is 6.54 Å². The molecule has 0 spiro atoms. The van der Waals surface area contributed by atoms with E-state index in [9.17, 15) is 0 Å². The van der Waals surface area contributed by atoms with Gasteiger partial charge in [-0.25, -0.2) is 4.98 Å². The molecule has 0 bridgehead atoms. The molecular formula is C14H14ClIN2O. The number of rotatable bonds is 4. The maximum absolute atomic E-state index is 7.73. The smallest absolute Gasteiger partial charge is 0.148 e. The molecule has 0 saturated carbocycles. The fourth-order valence-corrected chi connectivity index (χ4v) is 2.24. The Bertz CT molecular complexity index is 610. The van der Waals surface area contributed by atoms with E-state index < -0.39 is 7.00 Å². The van der Waals surface area contributed by atoms with Gasteiger partial charge in [0.1, 0.15) is 11.6 Å². The zero-order valence-electron chi connectivity index (χ0n) is 12.3. The Morgan fingerprint density at radius 2 is 2.11 bits per heavy atom. The lowest BCUT2D eigenvalue weighted by atomic mass is 10.2. The first kappa shape index (κ1) is 11.8. The van der Waals surface area contributed by atoms with Crippen LogP contribution in [0.2, 0.25) is 5.02 Å². The highest BCUT2D eigenvalue weighted by molar-refractivity contribution is 14.1. The second-order valence-corrected chi connectivity index (χ2v) is 5.45. The van der Waals surface area contributed by atoms with Crippen LogP contribution in [0, 0.1) is 3.57 Å². The standard InChI is InChI=1S/C14H14ClIN2O/c1-18(14-13(15)12(16)7-8-17-14)9-10-3-5-11(19-2)6-4-10/h3-8H,9H2,1-2H3/i1D2. The van der Waals surface area contributed by atoms with Crippen LogP contribution in [0.3, 0.4) is 0 Å². The lowest BCUT2D eigenvalue weighted by Crippen LogP contribution is -2.18. The lowest BCUT2D eigenvalue weighted by molar-refractivity contribution is 0.414. The summed E-state index contributed by atoms with van der Waals surface area (Å²) in [6.07, 6.45) is 1.63. The molecular weight excluding hydrogens is 375 g/mol. The predicted molar refractivity (Wildman–Crippen MR) is 87.1 cm³/mol. The molecule has 19 heavy (non-hydrogen) atoms. The Morgan fingerprint density at radius 3 is 2.74 bits per heavy atom. The van der Waals surface area contributed by atoms with Crippen molar-refractivity contribution in [1.29, 1.82) is 0 Å². The number of aromatic nitrogens is 1.